The van der Waals surface area contributed by atoms with E-state index in [0.29, 0.717) is 0 Å². The molecule has 0 radical (unpaired) electrons. The van der Waals surface area contributed by atoms with Gasteiger partial charge in [-0.2, -0.15) is 0 Å². The number of rotatable bonds is 8. The van der Waals surface area contributed by atoms with E-state index in [1.807, 2.05) is 0 Å². The Kier molecular flexibility index (Phi) is 7.88. The molecule has 2 atom stereocenters. The predicted octanol–water partition coefficient (Wildman–Crippen LogP) is 3.35. The molecule has 1 aromatic rings. The highest BCUT2D eigenvalue weighted by molar-refractivity contribution is 7.84. The summed E-state index contributed by atoms with van der Waals surface area (Å²) in [6.45, 7) is 4.65. The number of halogens is 2. The Hall–Kier alpha value is -0.930. The molecule has 136 valence electrons. The molecule has 0 fully saturated rings. The van der Waals surface area contributed by atoms with Gasteiger partial charge in [0.1, 0.15) is 11.8 Å². The van der Waals surface area contributed by atoms with Gasteiger partial charge in [-0.3, -0.25) is 10.1 Å². The van der Waals surface area contributed by atoms with Crippen molar-refractivity contribution in [3.63, 3.8) is 0 Å². The van der Waals surface area contributed by atoms with Crippen LogP contribution < -0.4 is 9.46 Å². The van der Waals surface area contributed by atoms with Crippen LogP contribution in [0, 0.1) is 10.1 Å². The molecular weight excluding hydrogens is 379 g/mol. The maximum atomic E-state index is 12.4. The van der Waals surface area contributed by atoms with Crippen molar-refractivity contribution in [3.05, 3.63) is 37.9 Å². The monoisotopic (exact) mass is 398 g/mol. The average molecular weight is 399 g/mol. The summed E-state index contributed by atoms with van der Waals surface area (Å²) in [6, 6.07) is 2.11. The molecule has 1 N–H and O–H groups in total. The van der Waals surface area contributed by atoms with E-state index in [9.17, 15) is 14.3 Å². The minimum Gasteiger partial charge on any atom is -0.467 e. The van der Waals surface area contributed by atoms with E-state index in [4.69, 9.17) is 32.7 Å². The third-order valence-corrected chi connectivity index (χ3v) is 5.34. The van der Waals surface area contributed by atoms with Gasteiger partial charge in [0, 0.05) is 17.6 Å². The Morgan fingerprint density at radius 1 is 1.38 bits per heavy atom. The maximum Gasteiger partial charge on any atom is 0.224 e. The van der Waals surface area contributed by atoms with Crippen LogP contribution in [0.2, 0.25) is 10.0 Å². The minimum absolute atomic E-state index is 0.0709. The molecule has 1 aromatic carbocycles. The van der Waals surface area contributed by atoms with Gasteiger partial charge in [-0.05, 0) is 32.9 Å². The zero-order chi connectivity index (χ0) is 18.5. The molecule has 1 unspecified atom stereocenters. The minimum atomic E-state index is -1.56. The summed E-state index contributed by atoms with van der Waals surface area (Å²) in [6.07, 6.45) is 0. The number of hydrogen-bond donors (Lipinski definition) is 1. The van der Waals surface area contributed by atoms with E-state index in [2.05, 4.69) is 4.72 Å². The first-order valence-electron chi connectivity index (χ1n) is 6.97. The number of benzene rings is 1. The van der Waals surface area contributed by atoms with Crippen molar-refractivity contribution in [3.8, 4) is 5.75 Å². The SMILES string of the molecule is COCOc1ccc(Cl)c(Cl)c1[C@@H](C[N+](=O)[O-])NS(=O)C(C)(C)C. The summed E-state index contributed by atoms with van der Waals surface area (Å²) in [4.78, 5) is 10.5. The van der Waals surface area contributed by atoms with Gasteiger partial charge in [0.15, 0.2) is 6.79 Å². The van der Waals surface area contributed by atoms with Crippen LogP contribution in [0.15, 0.2) is 12.1 Å². The van der Waals surface area contributed by atoms with Crippen LogP contribution in [0.25, 0.3) is 0 Å². The molecule has 0 aliphatic heterocycles. The quantitative estimate of drug-likeness (QED) is 0.411. The Morgan fingerprint density at radius 2 is 2.00 bits per heavy atom. The van der Waals surface area contributed by atoms with Gasteiger partial charge in [0.25, 0.3) is 0 Å². The number of hydrogen-bond acceptors (Lipinski definition) is 5. The van der Waals surface area contributed by atoms with Crippen molar-refractivity contribution in [2.75, 3.05) is 20.4 Å². The van der Waals surface area contributed by atoms with Crippen molar-refractivity contribution >= 4 is 34.2 Å². The zero-order valence-electron chi connectivity index (χ0n) is 13.8. The fraction of sp³-hybridized carbons (Fsp3) is 0.571. The first-order chi connectivity index (χ1) is 11.1. The molecule has 0 aromatic heterocycles. The lowest BCUT2D eigenvalue weighted by Gasteiger charge is -2.24. The fourth-order valence-electron chi connectivity index (χ4n) is 1.76. The summed E-state index contributed by atoms with van der Waals surface area (Å²) < 4.78 is 24.8. The summed E-state index contributed by atoms with van der Waals surface area (Å²) >= 11 is 12.3. The Labute approximate surface area is 153 Å². The number of methoxy groups -OCH3 is 1. The molecule has 0 saturated carbocycles. The lowest BCUT2D eigenvalue weighted by molar-refractivity contribution is -0.483. The molecule has 7 nitrogen and oxygen atoms in total. The second-order valence-corrected chi connectivity index (χ2v) is 8.67. The van der Waals surface area contributed by atoms with E-state index in [1.54, 1.807) is 20.8 Å². The molecule has 0 spiro atoms. The number of nitrogens with zero attached hydrogens (tertiary/aromatic N) is 1. The number of nitro groups is 1. The average Bonchev–Trinajstić information content (AvgIpc) is 2.46. The van der Waals surface area contributed by atoms with Crippen molar-refractivity contribution in [2.24, 2.45) is 0 Å². The fourth-order valence-corrected chi connectivity index (χ4v) is 3.02. The lowest BCUT2D eigenvalue weighted by Crippen LogP contribution is -2.38. The molecule has 24 heavy (non-hydrogen) atoms. The van der Waals surface area contributed by atoms with Gasteiger partial charge in [-0.25, -0.2) is 8.93 Å². The second kappa shape index (κ2) is 8.96. The third kappa shape index (κ3) is 5.86. The van der Waals surface area contributed by atoms with Gasteiger partial charge in [0.05, 0.1) is 25.8 Å². The van der Waals surface area contributed by atoms with Crippen molar-refractivity contribution < 1.29 is 18.6 Å². The van der Waals surface area contributed by atoms with Crippen LogP contribution >= 0.6 is 23.2 Å². The van der Waals surface area contributed by atoms with Gasteiger partial charge < -0.3 is 9.47 Å². The molecule has 0 saturated heterocycles. The van der Waals surface area contributed by atoms with E-state index < -0.39 is 33.2 Å². The third-order valence-electron chi connectivity index (χ3n) is 2.91. The summed E-state index contributed by atoms with van der Waals surface area (Å²) in [5.74, 6) is 0.275. The van der Waals surface area contributed by atoms with Crippen molar-refractivity contribution in [1.29, 1.82) is 0 Å². The van der Waals surface area contributed by atoms with E-state index >= 15 is 0 Å². The molecule has 0 aliphatic carbocycles. The predicted molar refractivity (Wildman–Crippen MR) is 94.6 cm³/mol. The molecule has 0 aliphatic rings. The standard InChI is InChI=1S/C14H20Cl2N2O5S/c1-14(2,3)24(21)17-10(7-18(19)20)12-11(23-8-22-4)6-5-9(15)13(12)16/h5-6,10,17H,7-8H2,1-4H3/t10-,24?/m1/s1. The topological polar surface area (TPSA) is 90.7 Å². The number of nitrogens with one attached hydrogen (secondary N) is 1. The molecule has 0 heterocycles. The Balaban J connectivity index is 3.32. The molecule has 1 rings (SSSR count). The highest BCUT2D eigenvalue weighted by Crippen LogP contribution is 2.38. The zero-order valence-corrected chi connectivity index (χ0v) is 16.1. The van der Waals surface area contributed by atoms with E-state index in [1.165, 1.54) is 19.2 Å². The first-order valence-corrected chi connectivity index (χ1v) is 8.88. The lowest BCUT2D eigenvalue weighted by atomic mass is 10.1. The van der Waals surface area contributed by atoms with Crippen molar-refractivity contribution in [2.45, 2.75) is 31.6 Å². The van der Waals surface area contributed by atoms with Crippen LogP contribution in [0.4, 0.5) is 0 Å². The van der Waals surface area contributed by atoms with E-state index in [0.717, 1.165) is 0 Å². The normalized spacial score (nSPS) is 14.2. The summed E-state index contributed by atoms with van der Waals surface area (Å²) in [7, 11) is -0.113. The van der Waals surface area contributed by atoms with Gasteiger partial charge in [0.2, 0.25) is 6.54 Å². The first kappa shape index (κ1) is 21.1. The van der Waals surface area contributed by atoms with Crippen molar-refractivity contribution in [1.82, 2.24) is 4.72 Å². The highest BCUT2D eigenvalue weighted by atomic mass is 35.5. The van der Waals surface area contributed by atoms with Gasteiger partial charge in [-0.15, -0.1) is 0 Å². The molecule has 0 bridgehead atoms. The molecule has 10 heteroatoms. The van der Waals surface area contributed by atoms with E-state index in [-0.39, 0.29) is 28.2 Å². The van der Waals surface area contributed by atoms with Crippen LogP contribution in [0.3, 0.4) is 0 Å². The Morgan fingerprint density at radius 3 is 2.50 bits per heavy atom. The second-order valence-electron chi connectivity index (χ2n) is 5.89. The summed E-state index contributed by atoms with van der Waals surface area (Å²) in [5.41, 5.74) is 0.274. The van der Waals surface area contributed by atoms with Crippen LogP contribution in [-0.2, 0) is 15.7 Å². The van der Waals surface area contributed by atoms with Crippen LogP contribution in [-0.4, -0.2) is 34.3 Å². The van der Waals surface area contributed by atoms with Crippen LogP contribution in [0.1, 0.15) is 32.4 Å². The smallest absolute Gasteiger partial charge is 0.224 e. The van der Waals surface area contributed by atoms with Gasteiger partial charge >= 0.3 is 0 Å². The van der Waals surface area contributed by atoms with Crippen LogP contribution in [0.5, 0.6) is 5.75 Å². The maximum absolute atomic E-state index is 12.4. The molecular formula is C14H20Cl2N2O5S. The Bertz CT molecular complexity index is 622. The summed E-state index contributed by atoms with van der Waals surface area (Å²) in [5, 5.41) is 11.4. The number of ether oxygens (including phenoxy) is 2. The molecule has 0 amide bonds. The van der Waals surface area contributed by atoms with Gasteiger partial charge in [-0.1, -0.05) is 23.2 Å². The highest BCUT2D eigenvalue weighted by Gasteiger charge is 2.31. The largest absolute Gasteiger partial charge is 0.467 e.